The van der Waals surface area contributed by atoms with Gasteiger partial charge in [0.05, 0.1) is 18.1 Å². The van der Waals surface area contributed by atoms with E-state index >= 15 is 0 Å². The number of aliphatic imine (C=N–C) groups is 1. The van der Waals surface area contributed by atoms with Gasteiger partial charge in [0.2, 0.25) is 5.91 Å². The molecule has 0 aromatic carbocycles. The molecule has 1 heterocycles. The molecule has 138 valence electrons. The second kappa shape index (κ2) is 10.2. The number of sulfone groups is 1. The van der Waals surface area contributed by atoms with E-state index < -0.39 is 9.84 Å². The first kappa shape index (κ1) is 21.2. The van der Waals surface area contributed by atoms with E-state index in [4.69, 9.17) is 0 Å². The third kappa shape index (κ3) is 7.37. The predicted molar refractivity (Wildman–Crippen MR) is 107 cm³/mol. The van der Waals surface area contributed by atoms with E-state index in [1.807, 2.05) is 6.92 Å². The lowest BCUT2D eigenvalue weighted by molar-refractivity contribution is -0.121. The summed E-state index contributed by atoms with van der Waals surface area (Å²) in [5.41, 5.74) is 0. The van der Waals surface area contributed by atoms with Crippen LogP contribution in [-0.2, 0) is 14.6 Å². The van der Waals surface area contributed by atoms with Gasteiger partial charge in [-0.05, 0) is 26.2 Å². The molecule has 9 heteroatoms. The molecule has 7 nitrogen and oxygen atoms in total. The number of carbonyl (C=O) groups excluding carboxylic acids is 1. The van der Waals surface area contributed by atoms with Gasteiger partial charge in [-0.15, -0.1) is 24.0 Å². The summed E-state index contributed by atoms with van der Waals surface area (Å²) >= 11 is 0. The van der Waals surface area contributed by atoms with Crippen molar-refractivity contribution in [3.8, 4) is 0 Å². The minimum absolute atomic E-state index is 0. The van der Waals surface area contributed by atoms with E-state index in [1.54, 1.807) is 0 Å². The quantitative estimate of drug-likeness (QED) is 0.228. The van der Waals surface area contributed by atoms with Gasteiger partial charge in [0.1, 0.15) is 0 Å². The van der Waals surface area contributed by atoms with Crippen LogP contribution in [0.15, 0.2) is 17.1 Å². The zero-order valence-corrected chi connectivity index (χ0v) is 17.1. The average molecular weight is 470 g/mol. The van der Waals surface area contributed by atoms with Crippen molar-refractivity contribution in [2.75, 3.05) is 24.6 Å². The van der Waals surface area contributed by atoms with Crippen LogP contribution in [0.4, 0.5) is 0 Å². The molecule has 0 bridgehead atoms. The largest absolute Gasteiger partial charge is 0.357 e. The number of amides is 1. The second-order valence-corrected chi connectivity index (χ2v) is 8.19. The maximum absolute atomic E-state index is 11.9. The summed E-state index contributed by atoms with van der Waals surface area (Å²) in [5.74, 6) is 0.799. The zero-order valence-electron chi connectivity index (χ0n) is 14.0. The van der Waals surface area contributed by atoms with E-state index in [0.29, 0.717) is 19.0 Å². The molecule has 2 rings (SSSR count). The van der Waals surface area contributed by atoms with Crippen LogP contribution in [0.25, 0.3) is 0 Å². The Balaban J connectivity index is 0.00000288. The van der Waals surface area contributed by atoms with Crippen molar-refractivity contribution >= 4 is 45.7 Å². The lowest BCUT2D eigenvalue weighted by atomic mass is 10.2. The van der Waals surface area contributed by atoms with Crippen LogP contribution in [0, 0.1) is 0 Å². The van der Waals surface area contributed by atoms with Crippen molar-refractivity contribution in [2.45, 2.75) is 44.7 Å². The van der Waals surface area contributed by atoms with Crippen molar-refractivity contribution in [3.63, 3.8) is 0 Å². The van der Waals surface area contributed by atoms with Crippen LogP contribution in [0.5, 0.6) is 0 Å². The molecule has 1 saturated heterocycles. The number of hydrogen-bond acceptors (Lipinski definition) is 4. The number of guanidine groups is 1. The monoisotopic (exact) mass is 470 g/mol. The summed E-state index contributed by atoms with van der Waals surface area (Å²) in [6, 6.07) is 0.123. The average Bonchev–Trinajstić information content (AvgIpc) is 3.08. The fourth-order valence-corrected chi connectivity index (χ4v) is 4.40. The lowest BCUT2D eigenvalue weighted by Gasteiger charge is -2.16. The third-order valence-corrected chi connectivity index (χ3v) is 5.67. The molecule has 0 aromatic rings. The maximum atomic E-state index is 11.9. The van der Waals surface area contributed by atoms with Crippen LogP contribution < -0.4 is 16.0 Å². The summed E-state index contributed by atoms with van der Waals surface area (Å²) < 4.78 is 22.7. The van der Waals surface area contributed by atoms with E-state index in [1.165, 1.54) is 0 Å². The number of rotatable bonds is 6. The van der Waals surface area contributed by atoms with Crippen molar-refractivity contribution in [3.05, 3.63) is 12.2 Å². The zero-order chi connectivity index (χ0) is 16.7. The number of nitrogens with one attached hydrogen (secondary N) is 3. The van der Waals surface area contributed by atoms with Crippen molar-refractivity contribution < 1.29 is 13.2 Å². The molecule has 1 fully saturated rings. The molecule has 0 spiro atoms. The van der Waals surface area contributed by atoms with Gasteiger partial charge >= 0.3 is 0 Å². The summed E-state index contributed by atoms with van der Waals surface area (Å²) in [7, 11) is -2.96. The summed E-state index contributed by atoms with van der Waals surface area (Å²) in [4.78, 5) is 16.3. The minimum atomic E-state index is -2.96. The van der Waals surface area contributed by atoms with E-state index in [9.17, 15) is 13.2 Å². The Labute approximate surface area is 161 Å². The summed E-state index contributed by atoms with van der Waals surface area (Å²) in [6.45, 7) is 3.14. The highest BCUT2D eigenvalue weighted by Crippen LogP contribution is 2.11. The summed E-state index contributed by atoms with van der Waals surface area (Å²) in [5, 5.41) is 9.28. The Morgan fingerprint density at radius 1 is 1.21 bits per heavy atom. The van der Waals surface area contributed by atoms with Crippen LogP contribution in [-0.4, -0.2) is 57.0 Å². The molecule has 3 N–H and O–H groups in total. The highest BCUT2D eigenvalue weighted by atomic mass is 127. The standard InChI is InChI=1S/C15H26N4O3S.HI/c1-2-16-15(19-12-5-3-4-6-12)17-9-7-14(20)18-13-8-10-23(21,22)11-13;/h3-4,12-13H,2,5-11H2,1H3,(H,18,20)(H2,16,17,19);1H. The van der Waals surface area contributed by atoms with Crippen molar-refractivity contribution in [1.82, 2.24) is 16.0 Å². The molecule has 1 amide bonds. The SMILES string of the molecule is CCNC(=NCCC(=O)NC1CCS(=O)(=O)C1)NC1CC=CC1.I. The van der Waals surface area contributed by atoms with Crippen LogP contribution in [0.3, 0.4) is 0 Å². The maximum Gasteiger partial charge on any atom is 0.222 e. The Kier molecular flexibility index (Phi) is 9.03. The molecular weight excluding hydrogens is 443 g/mol. The van der Waals surface area contributed by atoms with E-state index in [0.717, 1.165) is 25.3 Å². The lowest BCUT2D eigenvalue weighted by Crippen LogP contribution is -2.42. The molecule has 2 aliphatic rings. The van der Waals surface area contributed by atoms with Gasteiger partial charge < -0.3 is 16.0 Å². The fourth-order valence-electron chi connectivity index (χ4n) is 2.73. The van der Waals surface area contributed by atoms with Gasteiger partial charge in [-0.1, -0.05) is 12.2 Å². The van der Waals surface area contributed by atoms with Crippen molar-refractivity contribution in [2.24, 2.45) is 4.99 Å². The van der Waals surface area contributed by atoms with Crippen molar-refractivity contribution in [1.29, 1.82) is 0 Å². The Bertz CT molecular complexity index is 569. The molecule has 0 radical (unpaired) electrons. The second-order valence-electron chi connectivity index (χ2n) is 5.96. The first-order valence-corrected chi connectivity index (χ1v) is 10.0. The highest BCUT2D eigenvalue weighted by Gasteiger charge is 2.28. The van der Waals surface area contributed by atoms with E-state index in [2.05, 4.69) is 33.1 Å². The number of halogens is 1. The molecule has 1 aliphatic heterocycles. The summed E-state index contributed by atoms with van der Waals surface area (Å²) in [6.07, 6.45) is 7.03. The first-order valence-electron chi connectivity index (χ1n) is 8.18. The third-order valence-electron chi connectivity index (χ3n) is 3.90. The van der Waals surface area contributed by atoms with Gasteiger partial charge in [-0.2, -0.15) is 0 Å². The van der Waals surface area contributed by atoms with Crippen LogP contribution >= 0.6 is 24.0 Å². The van der Waals surface area contributed by atoms with Gasteiger partial charge in [0.25, 0.3) is 0 Å². The molecule has 0 saturated carbocycles. The molecule has 1 aliphatic carbocycles. The smallest absolute Gasteiger partial charge is 0.222 e. The van der Waals surface area contributed by atoms with Crippen LogP contribution in [0.2, 0.25) is 0 Å². The Hall–Kier alpha value is -0.840. The van der Waals surface area contributed by atoms with Crippen LogP contribution in [0.1, 0.15) is 32.6 Å². The van der Waals surface area contributed by atoms with E-state index in [-0.39, 0.29) is 53.9 Å². The topological polar surface area (TPSA) is 99.7 Å². The fraction of sp³-hybridized carbons (Fsp3) is 0.733. The molecule has 1 atom stereocenters. The Morgan fingerprint density at radius 3 is 2.50 bits per heavy atom. The number of hydrogen-bond donors (Lipinski definition) is 3. The molecule has 1 unspecified atom stereocenters. The molecule has 24 heavy (non-hydrogen) atoms. The first-order chi connectivity index (χ1) is 11.0. The Morgan fingerprint density at radius 2 is 1.92 bits per heavy atom. The van der Waals surface area contributed by atoms with Gasteiger partial charge in [-0.3, -0.25) is 9.79 Å². The minimum Gasteiger partial charge on any atom is -0.357 e. The number of nitrogens with zero attached hydrogens (tertiary/aromatic N) is 1. The predicted octanol–water partition coefficient (Wildman–Crippen LogP) is 0.572. The van der Waals surface area contributed by atoms with Gasteiger partial charge in [0, 0.05) is 25.0 Å². The highest BCUT2D eigenvalue weighted by molar-refractivity contribution is 14.0. The van der Waals surface area contributed by atoms with Gasteiger partial charge in [-0.25, -0.2) is 8.42 Å². The molecular formula is C15H27IN4O3S. The number of carbonyl (C=O) groups is 1. The van der Waals surface area contributed by atoms with Gasteiger partial charge in [0.15, 0.2) is 15.8 Å². The molecule has 0 aromatic heterocycles. The normalized spacial score (nSPS) is 22.9.